The third-order valence-electron chi connectivity index (χ3n) is 3.55. The van der Waals surface area contributed by atoms with Gasteiger partial charge in [-0.2, -0.15) is 11.8 Å². The molecular weight excluding hydrogens is 268 g/mol. The number of nitrogens with zero attached hydrogens (tertiary/aromatic N) is 3. The maximum absolute atomic E-state index is 4.80. The molecule has 2 heterocycles. The molecule has 0 saturated carbocycles. The molecule has 2 rings (SSSR count). The van der Waals surface area contributed by atoms with Crippen LogP contribution >= 0.6 is 11.8 Å². The van der Waals surface area contributed by atoms with E-state index in [1.807, 2.05) is 11.8 Å². The van der Waals surface area contributed by atoms with Gasteiger partial charge in [-0.15, -0.1) is 0 Å². The molecular formula is C15H26N4S. The molecule has 1 aromatic rings. The largest absolute Gasteiger partial charge is 0.370 e. The Morgan fingerprint density at radius 2 is 2.20 bits per heavy atom. The molecule has 1 aliphatic rings. The highest BCUT2D eigenvalue weighted by Gasteiger charge is 2.24. The van der Waals surface area contributed by atoms with E-state index in [9.17, 15) is 0 Å². The number of anilines is 1. The fourth-order valence-electron chi connectivity index (χ4n) is 2.35. The van der Waals surface area contributed by atoms with Crippen molar-refractivity contribution in [1.82, 2.24) is 14.9 Å². The van der Waals surface area contributed by atoms with Gasteiger partial charge in [-0.1, -0.05) is 20.3 Å². The average Bonchev–Trinajstić information content (AvgIpc) is 2.46. The van der Waals surface area contributed by atoms with Gasteiger partial charge in [0.1, 0.15) is 11.6 Å². The Balaban J connectivity index is 2.22. The van der Waals surface area contributed by atoms with Crippen LogP contribution in [0.3, 0.4) is 0 Å². The first kappa shape index (κ1) is 15.6. The highest BCUT2D eigenvalue weighted by molar-refractivity contribution is 7.99. The molecule has 1 N–H and O–H groups in total. The van der Waals surface area contributed by atoms with Gasteiger partial charge in [0.2, 0.25) is 0 Å². The van der Waals surface area contributed by atoms with E-state index in [0.29, 0.717) is 6.04 Å². The van der Waals surface area contributed by atoms with Crippen LogP contribution in [0.15, 0.2) is 6.07 Å². The van der Waals surface area contributed by atoms with Gasteiger partial charge in [0.15, 0.2) is 0 Å². The lowest BCUT2D eigenvalue weighted by Crippen LogP contribution is -2.34. The molecule has 0 spiro atoms. The summed E-state index contributed by atoms with van der Waals surface area (Å²) in [7, 11) is 2.18. The maximum Gasteiger partial charge on any atom is 0.148 e. The van der Waals surface area contributed by atoms with Crippen LogP contribution in [0.1, 0.15) is 44.2 Å². The van der Waals surface area contributed by atoms with E-state index in [2.05, 4.69) is 37.2 Å². The van der Waals surface area contributed by atoms with Crippen LogP contribution in [-0.4, -0.2) is 46.5 Å². The molecule has 5 heteroatoms. The van der Waals surface area contributed by atoms with Crippen molar-refractivity contribution in [3.05, 3.63) is 17.6 Å². The average molecular weight is 294 g/mol. The van der Waals surface area contributed by atoms with Crippen LogP contribution in [0, 0.1) is 0 Å². The zero-order chi connectivity index (χ0) is 14.4. The second kappa shape index (κ2) is 7.84. The molecule has 1 atom stereocenters. The second-order valence-corrected chi connectivity index (χ2v) is 6.50. The van der Waals surface area contributed by atoms with Crippen LogP contribution in [0.25, 0.3) is 0 Å². The van der Waals surface area contributed by atoms with Crippen LogP contribution in [0.2, 0.25) is 0 Å². The summed E-state index contributed by atoms with van der Waals surface area (Å²) in [5.41, 5.74) is 1.17. The summed E-state index contributed by atoms with van der Waals surface area (Å²) >= 11 is 2.00. The lowest BCUT2D eigenvalue weighted by Gasteiger charge is -2.31. The maximum atomic E-state index is 4.80. The Bertz CT molecular complexity index is 424. The minimum Gasteiger partial charge on any atom is -0.370 e. The number of hydrogen-bond donors (Lipinski definition) is 1. The van der Waals surface area contributed by atoms with E-state index in [0.717, 1.165) is 49.7 Å². The Kier molecular flexibility index (Phi) is 6.10. The van der Waals surface area contributed by atoms with E-state index in [1.54, 1.807) is 0 Å². The van der Waals surface area contributed by atoms with Gasteiger partial charge in [0, 0.05) is 36.4 Å². The molecule has 1 unspecified atom stereocenters. The minimum atomic E-state index is 0.354. The monoisotopic (exact) mass is 294 g/mol. The topological polar surface area (TPSA) is 41.1 Å². The third kappa shape index (κ3) is 4.09. The number of nitrogens with one attached hydrogen (secondary N) is 1. The van der Waals surface area contributed by atoms with Gasteiger partial charge in [-0.05, 0) is 19.9 Å². The summed E-state index contributed by atoms with van der Waals surface area (Å²) in [6.07, 6.45) is 3.26. The van der Waals surface area contributed by atoms with Crippen LogP contribution < -0.4 is 5.32 Å². The van der Waals surface area contributed by atoms with E-state index in [4.69, 9.17) is 9.97 Å². The molecule has 112 valence electrons. The van der Waals surface area contributed by atoms with Crippen molar-refractivity contribution in [3.63, 3.8) is 0 Å². The zero-order valence-corrected chi connectivity index (χ0v) is 13.7. The molecule has 4 nitrogen and oxygen atoms in total. The number of rotatable bonds is 6. The molecule has 0 aliphatic carbocycles. The summed E-state index contributed by atoms with van der Waals surface area (Å²) < 4.78 is 0. The fraction of sp³-hybridized carbons (Fsp3) is 0.733. The van der Waals surface area contributed by atoms with Crippen molar-refractivity contribution in [1.29, 1.82) is 0 Å². The van der Waals surface area contributed by atoms with Crippen molar-refractivity contribution in [2.24, 2.45) is 0 Å². The molecule has 0 aromatic carbocycles. The van der Waals surface area contributed by atoms with Crippen molar-refractivity contribution >= 4 is 17.6 Å². The van der Waals surface area contributed by atoms with Crippen LogP contribution in [-0.2, 0) is 6.42 Å². The first-order chi connectivity index (χ1) is 9.74. The summed E-state index contributed by atoms with van der Waals surface area (Å²) in [6, 6.07) is 2.46. The Hall–Kier alpha value is -0.810. The number of aromatic nitrogens is 2. The Morgan fingerprint density at radius 1 is 1.35 bits per heavy atom. The molecule has 0 radical (unpaired) electrons. The summed E-state index contributed by atoms with van der Waals surface area (Å²) in [6.45, 7) is 6.46. The van der Waals surface area contributed by atoms with Crippen LogP contribution in [0.4, 0.5) is 5.82 Å². The van der Waals surface area contributed by atoms with Gasteiger partial charge >= 0.3 is 0 Å². The molecule has 1 aromatic heterocycles. The van der Waals surface area contributed by atoms with Crippen molar-refractivity contribution in [3.8, 4) is 0 Å². The lowest BCUT2D eigenvalue weighted by molar-refractivity contribution is 0.264. The SMILES string of the molecule is CCCNc1cc(CCC)nc(C2CSCCN2C)n1. The Labute approximate surface area is 126 Å². The molecule has 0 bridgehead atoms. The molecule has 1 aliphatic heterocycles. The summed E-state index contributed by atoms with van der Waals surface area (Å²) in [5.74, 6) is 4.29. The smallest absolute Gasteiger partial charge is 0.148 e. The van der Waals surface area contributed by atoms with E-state index >= 15 is 0 Å². The van der Waals surface area contributed by atoms with Crippen LogP contribution in [0.5, 0.6) is 0 Å². The zero-order valence-electron chi connectivity index (χ0n) is 12.9. The quantitative estimate of drug-likeness (QED) is 0.873. The van der Waals surface area contributed by atoms with E-state index in [-0.39, 0.29) is 0 Å². The Morgan fingerprint density at radius 3 is 2.90 bits per heavy atom. The van der Waals surface area contributed by atoms with Crippen molar-refractivity contribution in [2.45, 2.75) is 39.2 Å². The normalized spacial score (nSPS) is 20.1. The van der Waals surface area contributed by atoms with Gasteiger partial charge < -0.3 is 5.32 Å². The number of aryl methyl sites for hydroxylation is 1. The predicted molar refractivity (Wildman–Crippen MR) is 87.5 cm³/mol. The minimum absolute atomic E-state index is 0.354. The highest BCUT2D eigenvalue weighted by Crippen LogP contribution is 2.27. The van der Waals surface area contributed by atoms with Gasteiger partial charge in [-0.3, -0.25) is 4.90 Å². The fourth-order valence-corrected chi connectivity index (χ4v) is 3.56. The molecule has 1 fully saturated rings. The van der Waals surface area contributed by atoms with Crippen molar-refractivity contribution < 1.29 is 0 Å². The number of hydrogen-bond acceptors (Lipinski definition) is 5. The highest BCUT2D eigenvalue weighted by atomic mass is 32.2. The molecule has 20 heavy (non-hydrogen) atoms. The molecule has 0 amide bonds. The number of thioether (sulfide) groups is 1. The first-order valence-corrected chi connectivity index (χ1v) is 8.79. The van der Waals surface area contributed by atoms with Crippen molar-refractivity contribution in [2.75, 3.05) is 37.0 Å². The van der Waals surface area contributed by atoms with E-state index < -0.39 is 0 Å². The lowest BCUT2D eigenvalue weighted by atomic mass is 10.2. The summed E-state index contributed by atoms with van der Waals surface area (Å²) in [5, 5.41) is 3.41. The standard InChI is InChI=1S/C15H26N4S/c1-4-6-12-10-14(16-7-5-2)18-15(17-12)13-11-20-9-8-19(13)3/h10,13H,4-9,11H2,1-3H3,(H,16,17,18). The van der Waals surface area contributed by atoms with Gasteiger partial charge in [0.25, 0.3) is 0 Å². The predicted octanol–water partition coefficient (Wildman–Crippen LogP) is 2.97. The van der Waals surface area contributed by atoms with Gasteiger partial charge in [0.05, 0.1) is 6.04 Å². The van der Waals surface area contributed by atoms with E-state index in [1.165, 1.54) is 11.4 Å². The summed E-state index contributed by atoms with van der Waals surface area (Å²) in [4.78, 5) is 11.9. The van der Waals surface area contributed by atoms with Gasteiger partial charge in [-0.25, -0.2) is 9.97 Å². The second-order valence-electron chi connectivity index (χ2n) is 5.35. The third-order valence-corrected chi connectivity index (χ3v) is 4.58. The molecule has 1 saturated heterocycles. The first-order valence-electron chi connectivity index (χ1n) is 7.64.